The standard InChI is InChI=1S/C28H23N3O/c1-32-22-17-15-20(16-18-22)19-29-28-26-14-8-7-13-25(26)27(30-31-28)24-12-6-5-11-23(24)21-9-3-2-4-10-21/h2-18H,19H2,1H3,(H,29,31). The molecule has 0 fully saturated rings. The zero-order chi connectivity index (χ0) is 21.8. The second-order valence-electron chi connectivity index (χ2n) is 7.56. The second kappa shape index (κ2) is 8.90. The molecule has 5 rings (SSSR count). The maximum atomic E-state index is 5.24. The Morgan fingerprint density at radius 1 is 0.656 bits per heavy atom. The molecule has 0 amide bonds. The predicted octanol–water partition coefficient (Wildman–Crippen LogP) is 6.58. The molecule has 0 unspecified atom stereocenters. The predicted molar refractivity (Wildman–Crippen MR) is 131 cm³/mol. The Morgan fingerprint density at radius 3 is 2.06 bits per heavy atom. The Kier molecular flexibility index (Phi) is 5.50. The van der Waals surface area contributed by atoms with Crippen LogP contribution in [-0.2, 0) is 6.54 Å². The first-order chi connectivity index (χ1) is 15.8. The summed E-state index contributed by atoms with van der Waals surface area (Å²) in [6.07, 6.45) is 0. The fourth-order valence-corrected chi connectivity index (χ4v) is 3.92. The lowest BCUT2D eigenvalue weighted by atomic mass is 9.95. The van der Waals surface area contributed by atoms with Gasteiger partial charge in [-0.2, -0.15) is 0 Å². The minimum absolute atomic E-state index is 0.655. The second-order valence-corrected chi connectivity index (χ2v) is 7.56. The molecule has 4 nitrogen and oxygen atoms in total. The molecular weight excluding hydrogens is 394 g/mol. The third-order valence-electron chi connectivity index (χ3n) is 5.57. The van der Waals surface area contributed by atoms with Crippen LogP contribution >= 0.6 is 0 Å². The van der Waals surface area contributed by atoms with Crippen LogP contribution in [0.1, 0.15) is 5.56 Å². The molecule has 156 valence electrons. The van der Waals surface area contributed by atoms with Crippen molar-refractivity contribution in [2.75, 3.05) is 12.4 Å². The van der Waals surface area contributed by atoms with E-state index in [9.17, 15) is 0 Å². The number of nitrogens with one attached hydrogen (secondary N) is 1. The van der Waals surface area contributed by atoms with Crippen molar-refractivity contribution in [3.8, 4) is 28.1 Å². The van der Waals surface area contributed by atoms with E-state index in [2.05, 4.69) is 70.1 Å². The summed E-state index contributed by atoms with van der Waals surface area (Å²) in [5.74, 6) is 1.62. The molecule has 1 N–H and O–H groups in total. The smallest absolute Gasteiger partial charge is 0.156 e. The Bertz CT molecular complexity index is 1350. The van der Waals surface area contributed by atoms with E-state index >= 15 is 0 Å². The maximum absolute atomic E-state index is 5.24. The molecule has 0 saturated carbocycles. The zero-order valence-electron chi connectivity index (χ0n) is 17.8. The topological polar surface area (TPSA) is 47.0 Å². The van der Waals surface area contributed by atoms with E-state index in [1.54, 1.807) is 7.11 Å². The van der Waals surface area contributed by atoms with Crippen LogP contribution in [0.5, 0.6) is 5.75 Å². The monoisotopic (exact) mass is 417 g/mol. The van der Waals surface area contributed by atoms with Gasteiger partial charge < -0.3 is 10.1 Å². The first kappa shape index (κ1) is 19.8. The molecule has 0 atom stereocenters. The van der Waals surface area contributed by atoms with Crippen molar-refractivity contribution < 1.29 is 4.74 Å². The van der Waals surface area contributed by atoms with Gasteiger partial charge in [-0.15, -0.1) is 10.2 Å². The van der Waals surface area contributed by atoms with E-state index in [-0.39, 0.29) is 0 Å². The molecule has 0 spiro atoms. The largest absolute Gasteiger partial charge is 0.497 e. The van der Waals surface area contributed by atoms with E-state index in [4.69, 9.17) is 4.74 Å². The summed E-state index contributed by atoms with van der Waals surface area (Å²) in [6.45, 7) is 0.655. The van der Waals surface area contributed by atoms with E-state index in [1.807, 2.05) is 48.5 Å². The van der Waals surface area contributed by atoms with Crippen LogP contribution in [0.4, 0.5) is 5.82 Å². The number of anilines is 1. The molecule has 0 aliphatic rings. The van der Waals surface area contributed by atoms with Crippen molar-refractivity contribution in [2.24, 2.45) is 0 Å². The van der Waals surface area contributed by atoms with Gasteiger partial charge in [0.2, 0.25) is 0 Å². The van der Waals surface area contributed by atoms with Crippen LogP contribution < -0.4 is 10.1 Å². The molecule has 1 aromatic heterocycles. The van der Waals surface area contributed by atoms with Gasteiger partial charge in [0.1, 0.15) is 11.4 Å². The van der Waals surface area contributed by atoms with Gasteiger partial charge in [-0.3, -0.25) is 0 Å². The fourth-order valence-electron chi connectivity index (χ4n) is 3.92. The molecule has 0 aliphatic carbocycles. The SMILES string of the molecule is COc1ccc(CNc2nnc(-c3ccccc3-c3ccccc3)c3ccccc23)cc1. The molecule has 0 radical (unpaired) electrons. The molecule has 5 aromatic rings. The highest BCUT2D eigenvalue weighted by atomic mass is 16.5. The van der Waals surface area contributed by atoms with E-state index in [0.29, 0.717) is 6.54 Å². The molecule has 4 heteroatoms. The number of fused-ring (bicyclic) bond motifs is 1. The van der Waals surface area contributed by atoms with Gasteiger partial charge in [-0.05, 0) is 28.8 Å². The summed E-state index contributed by atoms with van der Waals surface area (Å²) in [5, 5.41) is 14.8. The Balaban J connectivity index is 1.53. The van der Waals surface area contributed by atoms with Crippen molar-refractivity contribution in [2.45, 2.75) is 6.54 Å². The van der Waals surface area contributed by atoms with E-state index in [1.165, 1.54) is 0 Å². The molecule has 0 aliphatic heterocycles. The van der Waals surface area contributed by atoms with Crippen molar-refractivity contribution in [3.05, 3.63) is 109 Å². The Hall–Kier alpha value is -4.18. The normalized spacial score (nSPS) is 10.8. The van der Waals surface area contributed by atoms with E-state index < -0.39 is 0 Å². The highest BCUT2D eigenvalue weighted by molar-refractivity contribution is 6.02. The van der Waals surface area contributed by atoms with Gasteiger partial charge in [0.05, 0.1) is 7.11 Å². The summed E-state index contributed by atoms with van der Waals surface area (Å²) in [4.78, 5) is 0. The third kappa shape index (κ3) is 3.91. The average Bonchev–Trinajstić information content (AvgIpc) is 2.88. The van der Waals surface area contributed by atoms with Gasteiger partial charge in [0.25, 0.3) is 0 Å². The molecule has 32 heavy (non-hydrogen) atoms. The molecule has 4 aromatic carbocycles. The Morgan fingerprint density at radius 2 is 1.31 bits per heavy atom. The third-order valence-corrected chi connectivity index (χ3v) is 5.57. The number of hydrogen-bond donors (Lipinski definition) is 1. The lowest BCUT2D eigenvalue weighted by Gasteiger charge is -2.14. The Labute approximate surface area is 187 Å². The number of rotatable bonds is 6. The van der Waals surface area contributed by atoms with E-state index in [0.717, 1.165) is 50.3 Å². The van der Waals surface area contributed by atoms with Gasteiger partial charge in [0, 0.05) is 22.9 Å². The first-order valence-electron chi connectivity index (χ1n) is 10.6. The number of methoxy groups -OCH3 is 1. The summed E-state index contributed by atoms with van der Waals surface area (Å²) in [6, 6.07) is 35.1. The van der Waals surface area contributed by atoms with Gasteiger partial charge in [0.15, 0.2) is 5.82 Å². The molecule has 0 bridgehead atoms. The van der Waals surface area contributed by atoms with Crippen LogP contribution in [0.3, 0.4) is 0 Å². The lowest BCUT2D eigenvalue weighted by molar-refractivity contribution is 0.414. The number of aromatic nitrogens is 2. The summed E-state index contributed by atoms with van der Waals surface area (Å²) in [7, 11) is 1.67. The van der Waals surface area contributed by atoms with Crippen LogP contribution in [0, 0.1) is 0 Å². The van der Waals surface area contributed by atoms with Crippen molar-refractivity contribution in [1.29, 1.82) is 0 Å². The van der Waals surface area contributed by atoms with Crippen molar-refractivity contribution >= 4 is 16.6 Å². The van der Waals surface area contributed by atoms with Crippen LogP contribution in [0.15, 0.2) is 103 Å². The first-order valence-corrected chi connectivity index (χ1v) is 10.6. The van der Waals surface area contributed by atoms with Gasteiger partial charge in [-0.25, -0.2) is 0 Å². The maximum Gasteiger partial charge on any atom is 0.156 e. The molecular formula is C28H23N3O. The van der Waals surface area contributed by atoms with Crippen molar-refractivity contribution in [1.82, 2.24) is 10.2 Å². The van der Waals surface area contributed by atoms with Crippen molar-refractivity contribution in [3.63, 3.8) is 0 Å². The van der Waals surface area contributed by atoms with Gasteiger partial charge in [-0.1, -0.05) is 91.0 Å². The van der Waals surface area contributed by atoms with Crippen LogP contribution in [-0.4, -0.2) is 17.3 Å². The minimum atomic E-state index is 0.655. The average molecular weight is 418 g/mol. The fraction of sp³-hybridized carbons (Fsp3) is 0.0714. The molecule has 0 saturated heterocycles. The quantitative estimate of drug-likeness (QED) is 0.339. The summed E-state index contributed by atoms with van der Waals surface area (Å²) in [5.41, 5.74) is 5.41. The number of hydrogen-bond acceptors (Lipinski definition) is 4. The van der Waals surface area contributed by atoms with Crippen LogP contribution in [0.25, 0.3) is 33.2 Å². The summed E-state index contributed by atoms with van der Waals surface area (Å²) < 4.78 is 5.24. The number of nitrogens with zero attached hydrogens (tertiary/aromatic N) is 2. The molecule has 1 heterocycles. The van der Waals surface area contributed by atoms with Gasteiger partial charge >= 0.3 is 0 Å². The number of ether oxygens (including phenoxy) is 1. The highest BCUT2D eigenvalue weighted by Crippen LogP contribution is 2.36. The summed E-state index contributed by atoms with van der Waals surface area (Å²) >= 11 is 0. The lowest BCUT2D eigenvalue weighted by Crippen LogP contribution is -2.04. The van der Waals surface area contributed by atoms with Crippen LogP contribution in [0.2, 0.25) is 0 Å². The highest BCUT2D eigenvalue weighted by Gasteiger charge is 2.14. The number of benzene rings is 4. The zero-order valence-corrected chi connectivity index (χ0v) is 17.8. The minimum Gasteiger partial charge on any atom is -0.497 e.